The topological polar surface area (TPSA) is 26.3 Å². The minimum absolute atomic E-state index is 0.200. The Bertz CT molecular complexity index is 382. The van der Waals surface area contributed by atoms with E-state index >= 15 is 0 Å². The van der Waals surface area contributed by atoms with E-state index in [2.05, 4.69) is 37.4 Å². The van der Waals surface area contributed by atoms with E-state index in [0.717, 1.165) is 18.2 Å². The summed E-state index contributed by atoms with van der Waals surface area (Å²) in [4.78, 5) is 12.3. The second-order valence-electron chi connectivity index (χ2n) is 3.78. The summed E-state index contributed by atoms with van der Waals surface area (Å²) in [6.07, 6.45) is 4.67. The minimum Gasteiger partial charge on any atom is -0.458 e. The zero-order valence-corrected chi connectivity index (χ0v) is 13.3. The van der Waals surface area contributed by atoms with Gasteiger partial charge in [0.15, 0.2) is 0 Å². The Morgan fingerprint density at radius 1 is 1.33 bits per heavy atom. The first-order chi connectivity index (χ1) is 8.69. The molecule has 0 aromatic heterocycles. The maximum Gasteiger partial charge on any atom is 0.367 e. The monoisotopic (exact) mass is 302 g/mol. The van der Waals surface area contributed by atoms with Crippen LogP contribution < -0.4 is 0 Å². The Hall–Kier alpha value is -0.260. The van der Waals surface area contributed by atoms with Crippen LogP contribution in [0.5, 0.6) is 0 Å². The van der Waals surface area contributed by atoms with Gasteiger partial charge in [-0.25, -0.2) is 4.79 Å². The van der Waals surface area contributed by atoms with Gasteiger partial charge in [0.1, 0.15) is 0 Å². The molecule has 100 valence electrons. The van der Waals surface area contributed by atoms with Crippen LogP contribution >= 0.6 is 33.3 Å². The highest BCUT2D eigenvalue weighted by Crippen LogP contribution is 2.35. The second kappa shape index (κ2) is 8.77. The summed E-state index contributed by atoms with van der Waals surface area (Å²) in [5.74, 6) is 0.399. The number of benzene rings is 1. The summed E-state index contributed by atoms with van der Waals surface area (Å²) in [7, 11) is 3.53. The molecule has 5 heteroatoms. The molecule has 0 saturated heterocycles. The predicted molar refractivity (Wildman–Crippen MR) is 83.7 cm³/mol. The molecule has 1 atom stereocenters. The van der Waals surface area contributed by atoms with Gasteiger partial charge < -0.3 is 4.74 Å². The van der Waals surface area contributed by atoms with Crippen LogP contribution in [0.25, 0.3) is 0 Å². The number of carbonyl (C=O) groups is 1. The molecule has 2 nitrogen and oxygen atoms in total. The highest BCUT2D eigenvalue weighted by Gasteiger charge is 2.11. The largest absolute Gasteiger partial charge is 0.458 e. The third kappa shape index (κ3) is 5.16. The van der Waals surface area contributed by atoms with E-state index in [4.69, 9.17) is 4.74 Å². The van der Waals surface area contributed by atoms with Gasteiger partial charge in [0.25, 0.3) is 0 Å². The average molecular weight is 302 g/mol. The number of rotatable bonds is 6. The SMILES string of the molecule is CSSc1ccccc1C(C)CCOC(=O)SC. The fourth-order valence-corrected chi connectivity index (χ4v) is 3.46. The normalized spacial score (nSPS) is 12.2. The molecule has 0 aliphatic heterocycles. The molecule has 0 N–H and O–H groups in total. The molecular weight excluding hydrogens is 284 g/mol. The zero-order chi connectivity index (χ0) is 13.4. The molecular formula is C13H18O2S3. The Kier molecular flexibility index (Phi) is 7.70. The van der Waals surface area contributed by atoms with Crippen LogP contribution in [0.1, 0.15) is 24.8 Å². The van der Waals surface area contributed by atoms with Gasteiger partial charge >= 0.3 is 5.30 Å². The number of thioether (sulfide) groups is 1. The Morgan fingerprint density at radius 2 is 2.06 bits per heavy atom. The lowest BCUT2D eigenvalue weighted by Crippen LogP contribution is -2.04. The smallest absolute Gasteiger partial charge is 0.367 e. The van der Waals surface area contributed by atoms with Crippen molar-refractivity contribution in [2.24, 2.45) is 0 Å². The Labute approximate surface area is 121 Å². The number of carbonyl (C=O) groups excluding carboxylic acids is 1. The molecule has 0 aliphatic carbocycles. The predicted octanol–water partition coefficient (Wildman–Crippen LogP) is 5.05. The summed E-state index contributed by atoms with van der Waals surface area (Å²) in [5, 5.41) is -0.200. The van der Waals surface area contributed by atoms with Gasteiger partial charge in [-0.15, -0.1) is 0 Å². The van der Waals surface area contributed by atoms with E-state index in [9.17, 15) is 4.79 Å². The highest BCUT2D eigenvalue weighted by atomic mass is 33.1. The molecule has 0 saturated carbocycles. The van der Waals surface area contributed by atoms with Gasteiger partial charge in [-0.05, 0) is 48.2 Å². The van der Waals surface area contributed by atoms with Crippen LogP contribution in [0.3, 0.4) is 0 Å². The van der Waals surface area contributed by atoms with Crippen molar-refractivity contribution < 1.29 is 9.53 Å². The molecule has 18 heavy (non-hydrogen) atoms. The maximum absolute atomic E-state index is 11.0. The van der Waals surface area contributed by atoms with Crippen molar-refractivity contribution in [2.45, 2.75) is 24.2 Å². The fraction of sp³-hybridized carbons (Fsp3) is 0.462. The first-order valence-electron chi connectivity index (χ1n) is 5.69. The number of hydrogen-bond donors (Lipinski definition) is 0. The molecule has 0 amide bonds. The minimum atomic E-state index is -0.200. The highest BCUT2D eigenvalue weighted by molar-refractivity contribution is 8.76. The van der Waals surface area contributed by atoms with Crippen molar-refractivity contribution in [3.63, 3.8) is 0 Å². The van der Waals surface area contributed by atoms with E-state index in [1.54, 1.807) is 27.8 Å². The standard InChI is InChI=1S/C13H18O2S3/c1-10(8-9-15-13(14)16-2)11-6-4-5-7-12(11)18-17-3/h4-7,10H,8-9H2,1-3H3. The molecule has 0 heterocycles. The van der Waals surface area contributed by atoms with Crippen LogP contribution in [0.15, 0.2) is 29.2 Å². The van der Waals surface area contributed by atoms with Crippen LogP contribution in [-0.4, -0.2) is 24.4 Å². The lowest BCUT2D eigenvalue weighted by molar-refractivity contribution is 0.171. The van der Waals surface area contributed by atoms with E-state index in [-0.39, 0.29) is 5.30 Å². The van der Waals surface area contributed by atoms with Crippen molar-refractivity contribution in [1.82, 2.24) is 0 Å². The molecule has 1 aromatic carbocycles. The van der Waals surface area contributed by atoms with Gasteiger partial charge in [-0.3, -0.25) is 0 Å². The summed E-state index contributed by atoms with van der Waals surface area (Å²) in [5.41, 5.74) is 1.33. The van der Waals surface area contributed by atoms with Gasteiger partial charge in [0.2, 0.25) is 0 Å². The molecule has 1 unspecified atom stereocenters. The third-order valence-corrected chi connectivity index (χ3v) is 4.77. The molecule has 0 bridgehead atoms. The van der Waals surface area contributed by atoms with Gasteiger partial charge in [0, 0.05) is 4.90 Å². The summed E-state index contributed by atoms with van der Waals surface area (Å²) in [6.45, 7) is 2.66. The van der Waals surface area contributed by atoms with Crippen molar-refractivity contribution >= 4 is 38.7 Å². The zero-order valence-electron chi connectivity index (χ0n) is 10.8. The van der Waals surface area contributed by atoms with E-state index in [1.165, 1.54) is 10.5 Å². The van der Waals surface area contributed by atoms with E-state index in [0.29, 0.717) is 12.5 Å². The maximum atomic E-state index is 11.0. The summed E-state index contributed by atoms with van der Waals surface area (Å²) in [6, 6.07) is 8.41. The first-order valence-corrected chi connectivity index (χ1v) is 9.47. The molecule has 0 spiro atoms. The first kappa shape index (κ1) is 15.8. The summed E-state index contributed by atoms with van der Waals surface area (Å²) < 4.78 is 5.10. The van der Waals surface area contributed by atoms with Crippen molar-refractivity contribution in [3.05, 3.63) is 29.8 Å². The van der Waals surface area contributed by atoms with Crippen LogP contribution in [-0.2, 0) is 4.74 Å². The number of hydrogen-bond acceptors (Lipinski definition) is 5. The summed E-state index contributed by atoms with van der Waals surface area (Å²) >= 11 is 1.11. The second-order valence-corrected chi connectivity index (χ2v) is 6.96. The van der Waals surface area contributed by atoms with Gasteiger partial charge in [0.05, 0.1) is 6.61 Å². The third-order valence-electron chi connectivity index (χ3n) is 2.56. The Morgan fingerprint density at radius 3 is 2.72 bits per heavy atom. The van der Waals surface area contributed by atoms with Crippen molar-refractivity contribution in [1.29, 1.82) is 0 Å². The van der Waals surface area contributed by atoms with E-state index < -0.39 is 0 Å². The average Bonchev–Trinajstić information content (AvgIpc) is 2.39. The Balaban J connectivity index is 2.55. The molecule has 0 radical (unpaired) electrons. The van der Waals surface area contributed by atoms with Gasteiger partial charge in [-0.2, -0.15) is 0 Å². The van der Waals surface area contributed by atoms with Crippen LogP contribution in [0.4, 0.5) is 4.79 Å². The molecule has 1 aromatic rings. The van der Waals surface area contributed by atoms with Crippen LogP contribution in [0, 0.1) is 0 Å². The van der Waals surface area contributed by atoms with Crippen molar-refractivity contribution in [3.8, 4) is 0 Å². The lowest BCUT2D eigenvalue weighted by Gasteiger charge is -2.15. The molecule has 0 aliphatic rings. The fourth-order valence-electron chi connectivity index (χ4n) is 1.59. The molecule has 1 rings (SSSR count). The van der Waals surface area contributed by atoms with Crippen molar-refractivity contribution in [2.75, 3.05) is 19.1 Å². The molecule has 0 fully saturated rings. The lowest BCUT2D eigenvalue weighted by atomic mass is 9.98. The van der Waals surface area contributed by atoms with Crippen LogP contribution in [0.2, 0.25) is 0 Å². The number of ether oxygens (including phenoxy) is 1. The quantitative estimate of drug-likeness (QED) is 0.541. The van der Waals surface area contributed by atoms with Gasteiger partial charge in [-0.1, -0.05) is 46.7 Å². The van der Waals surface area contributed by atoms with E-state index in [1.807, 2.05) is 0 Å².